The van der Waals surface area contributed by atoms with Crippen molar-refractivity contribution in [2.45, 2.75) is 19.4 Å². The molecule has 3 heteroatoms. The predicted octanol–water partition coefficient (Wildman–Crippen LogP) is 3.94. The number of aromatic hydroxyl groups is 1. The summed E-state index contributed by atoms with van der Waals surface area (Å²) < 4.78 is 0. The molecule has 1 unspecified atom stereocenters. The normalized spacial score (nSPS) is 14.4. The van der Waals surface area contributed by atoms with Gasteiger partial charge in [-0.2, -0.15) is 0 Å². The van der Waals surface area contributed by atoms with Crippen molar-refractivity contribution < 1.29 is 10.2 Å². The van der Waals surface area contributed by atoms with E-state index < -0.39 is 5.60 Å². The molecule has 19 heavy (non-hydrogen) atoms. The van der Waals surface area contributed by atoms with E-state index in [0.29, 0.717) is 10.6 Å². The van der Waals surface area contributed by atoms with Gasteiger partial charge in [0.2, 0.25) is 0 Å². The molecule has 0 amide bonds. The summed E-state index contributed by atoms with van der Waals surface area (Å²) in [6, 6.07) is 14.0. The first-order chi connectivity index (χ1) is 8.96. The lowest BCUT2D eigenvalue weighted by Gasteiger charge is -2.34. The summed E-state index contributed by atoms with van der Waals surface area (Å²) in [6.45, 7) is 3.82. The molecule has 2 aromatic carbocycles. The molecule has 0 aliphatic carbocycles. The standard InChI is InChI=1S/C16H17ClO2/c1-11(2)16(19,12-6-4-3-5-7-12)14-10-13(17)8-9-15(14)18/h3-11,18-19H,1-2H3. The fourth-order valence-electron chi connectivity index (χ4n) is 2.31. The number of phenolic OH excluding ortho intramolecular Hbond substituents is 1. The van der Waals surface area contributed by atoms with E-state index in [1.54, 1.807) is 12.1 Å². The van der Waals surface area contributed by atoms with Crippen LogP contribution in [0.25, 0.3) is 0 Å². The van der Waals surface area contributed by atoms with Crippen LogP contribution in [0.4, 0.5) is 0 Å². The van der Waals surface area contributed by atoms with Gasteiger partial charge in [0.1, 0.15) is 11.4 Å². The largest absolute Gasteiger partial charge is 0.508 e. The van der Waals surface area contributed by atoms with Crippen molar-refractivity contribution in [3.8, 4) is 5.75 Å². The number of rotatable bonds is 3. The Morgan fingerprint density at radius 2 is 1.68 bits per heavy atom. The number of phenols is 1. The summed E-state index contributed by atoms with van der Waals surface area (Å²) in [7, 11) is 0. The van der Waals surface area contributed by atoms with Crippen molar-refractivity contribution in [2.75, 3.05) is 0 Å². The lowest BCUT2D eigenvalue weighted by Crippen LogP contribution is -2.33. The van der Waals surface area contributed by atoms with Crippen LogP contribution in [0.1, 0.15) is 25.0 Å². The van der Waals surface area contributed by atoms with Gasteiger partial charge in [-0.25, -0.2) is 0 Å². The zero-order valence-corrected chi connectivity index (χ0v) is 11.7. The third-order valence-corrected chi connectivity index (χ3v) is 3.65. The van der Waals surface area contributed by atoms with E-state index in [9.17, 15) is 10.2 Å². The van der Waals surface area contributed by atoms with Gasteiger partial charge in [0.25, 0.3) is 0 Å². The Kier molecular flexibility index (Phi) is 3.83. The first-order valence-corrected chi connectivity index (χ1v) is 6.61. The molecule has 1 atom stereocenters. The first-order valence-electron chi connectivity index (χ1n) is 6.23. The van der Waals surface area contributed by atoms with Crippen LogP contribution in [0.15, 0.2) is 48.5 Å². The topological polar surface area (TPSA) is 40.5 Å². The SMILES string of the molecule is CC(C)C(O)(c1ccccc1)c1cc(Cl)ccc1O. The van der Waals surface area contributed by atoms with Gasteiger partial charge in [0.05, 0.1) is 0 Å². The fraction of sp³-hybridized carbons (Fsp3) is 0.250. The second kappa shape index (κ2) is 5.24. The Labute approximate surface area is 118 Å². The minimum atomic E-state index is -1.27. The highest BCUT2D eigenvalue weighted by atomic mass is 35.5. The van der Waals surface area contributed by atoms with Crippen LogP contribution in [0.3, 0.4) is 0 Å². The molecule has 0 heterocycles. The molecule has 0 saturated carbocycles. The second-order valence-electron chi connectivity index (χ2n) is 4.95. The molecule has 0 spiro atoms. The fourth-order valence-corrected chi connectivity index (χ4v) is 2.48. The van der Waals surface area contributed by atoms with Gasteiger partial charge in [-0.05, 0) is 29.7 Å². The Morgan fingerprint density at radius 3 is 2.26 bits per heavy atom. The van der Waals surface area contributed by atoms with E-state index in [2.05, 4.69) is 0 Å². The zero-order chi connectivity index (χ0) is 14.0. The monoisotopic (exact) mass is 276 g/mol. The number of benzene rings is 2. The third-order valence-electron chi connectivity index (χ3n) is 3.42. The molecule has 100 valence electrons. The Morgan fingerprint density at radius 1 is 1.05 bits per heavy atom. The maximum Gasteiger partial charge on any atom is 0.122 e. The average molecular weight is 277 g/mol. The van der Waals surface area contributed by atoms with Gasteiger partial charge >= 0.3 is 0 Å². The maximum atomic E-state index is 11.1. The van der Waals surface area contributed by atoms with E-state index in [4.69, 9.17) is 11.6 Å². The van der Waals surface area contributed by atoms with Crippen molar-refractivity contribution in [1.29, 1.82) is 0 Å². The lowest BCUT2D eigenvalue weighted by atomic mass is 9.77. The lowest BCUT2D eigenvalue weighted by molar-refractivity contribution is 0.0296. The molecule has 2 aromatic rings. The van der Waals surface area contributed by atoms with Crippen LogP contribution in [0.5, 0.6) is 5.75 Å². The van der Waals surface area contributed by atoms with Gasteiger partial charge in [0.15, 0.2) is 0 Å². The van der Waals surface area contributed by atoms with E-state index in [-0.39, 0.29) is 11.7 Å². The second-order valence-corrected chi connectivity index (χ2v) is 5.39. The number of halogens is 1. The van der Waals surface area contributed by atoms with Crippen LogP contribution in [-0.2, 0) is 5.60 Å². The Balaban J connectivity index is 2.67. The summed E-state index contributed by atoms with van der Waals surface area (Å²) in [5.74, 6) is -0.0660. The number of aliphatic hydroxyl groups is 1. The molecule has 0 aliphatic rings. The smallest absolute Gasteiger partial charge is 0.122 e. The maximum absolute atomic E-state index is 11.1. The summed E-state index contributed by atoms with van der Waals surface area (Å²) in [4.78, 5) is 0. The highest BCUT2D eigenvalue weighted by Crippen LogP contribution is 2.41. The first kappa shape index (κ1) is 13.9. The zero-order valence-electron chi connectivity index (χ0n) is 11.0. The molecule has 0 aliphatic heterocycles. The summed E-state index contributed by atoms with van der Waals surface area (Å²) in [5.41, 5.74) is -0.0975. The van der Waals surface area contributed by atoms with Crippen molar-refractivity contribution in [1.82, 2.24) is 0 Å². The van der Waals surface area contributed by atoms with Gasteiger partial charge in [-0.1, -0.05) is 55.8 Å². The predicted molar refractivity (Wildman–Crippen MR) is 77.4 cm³/mol. The third kappa shape index (κ3) is 2.46. The van der Waals surface area contributed by atoms with E-state index in [1.165, 1.54) is 6.07 Å². The van der Waals surface area contributed by atoms with Crippen LogP contribution in [0, 0.1) is 5.92 Å². The van der Waals surface area contributed by atoms with E-state index in [1.807, 2.05) is 44.2 Å². The van der Waals surface area contributed by atoms with Gasteiger partial charge in [-0.3, -0.25) is 0 Å². The van der Waals surface area contributed by atoms with Crippen molar-refractivity contribution in [3.05, 3.63) is 64.7 Å². The minimum Gasteiger partial charge on any atom is -0.508 e. The molecule has 2 N–H and O–H groups in total. The van der Waals surface area contributed by atoms with Crippen LogP contribution in [-0.4, -0.2) is 10.2 Å². The van der Waals surface area contributed by atoms with Crippen LogP contribution in [0.2, 0.25) is 5.02 Å². The Hall–Kier alpha value is -1.51. The van der Waals surface area contributed by atoms with E-state index >= 15 is 0 Å². The minimum absolute atomic E-state index is 0.0458. The quantitative estimate of drug-likeness (QED) is 0.891. The summed E-state index contributed by atoms with van der Waals surface area (Å²) in [5, 5.41) is 21.7. The van der Waals surface area contributed by atoms with E-state index in [0.717, 1.165) is 5.56 Å². The van der Waals surface area contributed by atoms with Crippen molar-refractivity contribution in [3.63, 3.8) is 0 Å². The van der Waals surface area contributed by atoms with Gasteiger partial charge < -0.3 is 10.2 Å². The number of hydrogen-bond acceptors (Lipinski definition) is 2. The molecule has 0 bridgehead atoms. The van der Waals surface area contributed by atoms with Crippen molar-refractivity contribution >= 4 is 11.6 Å². The Bertz CT molecular complexity index is 566. The van der Waals surface area contributed by atoms with Gasteiger partial charge in [0, 0.05) is 10.6 Å². The highest BCUT2D eigenvalue weighted by Gasteiger charge is 2.37. The highest BCUT2D eigenvalue weighted by molar-refractivity contribution is 6.30. The molecule has 0 radical (unpaired) electrons. The molecular weight excluding hydrogens is 260 g/mol. The van der Waals surface area contributed by atoms with Crippen LogP contribution < -0.4 is 0 Å². The molecule has 0 saturated heterocycles. The molecule has 0 fully saturated rings. The van der Waals surface area contributed by atoms with Crippen molar-refractivity contribution in [2.24, 2.45) is 5.92 Å². The van der Waals surface area contributed by atoms with Crippen LogP contribution >= 0.6 is 11.6 Å². The molecular formula is C16H17ClO2. The molecule has 0 aromatic heterocycles. The summed E-state index contributed by atoms with van der Waals surface area (Å²) in [6.07, 6.45) is 0. The molecule has 2 rings (SSSR count). The summed E-state index contributed by atoms with van der Waals surface area (Å²) >= 11 is 5.99. The number of hydrogen-bond donors (Lipinski definition) is 2. The van der Waals surface area contributed by atoms with Gasteiger partial charge in [-0.15, -0.1) is 0 Å². The molecule has 2 nitrogen and oxygen atoms in total. The average Bonchev–Trinajstić information content (AvgIpc) is 2.41.